The van der Waals surface area contributed by atoms with Gasteiger partial charge in [-0.3, -0.25) is 10.2 Å². The highest BCUT2D eigenvalue weighted by Crippen LogP contribution is 2.31. The number of benzene rings is 2. The molecule has 4 unspecified atom stereocenters. The average Bonchev–Trinajstić information content (AvgIpc) is 3.21. The minimum absolute atomic E-state index is 0.0414. The van der Waals surface area contributed by atoms with E-state index in [-0.39, 0.29) is 18.2 Å². The predicted octanol–water partition coefficient (Wildman–Crippen LogP) is 2.68. The summed E-state index contributed by atoms with van der Waals surface area (Å²) in [5.74, 6) is 0.316. The van der Waals surface area contributed by atoms with Crippen molar-refractivity contribution in [3.63, 3.8) is 0 Å². The van der Waals surface area contributed by atoms with Gasteiger partial charge < -0.3 is 19.7 Å². The molecule has 1 aliphatic heterocycles. The molecule has 0 spiro atoms. The van der Waals surface area contributed by atoms with E-state index >= 15 is 0 Å². The van der Waals surface area contributed by atoms with Crippen LogP contribution in [0.25, 0.3) is 0 Å². The van der Waals surface area contributed by atoms with E-state index in [0.717, 1.165) is 25.8 Å². The highest BCUT2D eigenvalue weighted by molar-refractivity contribution is 5.94. The third kappa shape index (κ3) is 6.85. The second kappa shape index (κ2) is 11.7. The summed E-state index contributed by atoms with van der Waals surface area (Å²) in [6, 6.07) is 18.3. The van der Waals surface area contributed by atoms with Crippen molar-refractivity contribution in [3.05, 3.63) is 71.3 Å². The molecule has 1 aliphatic carbocycles. The molecule has 1 amide bonds. The van der Waals surface area contributed by atoms with Crippen molar-refractivity contribution in [2.24, 2.45) is 5.92 Å². The van der Waals surface area contributed by atoms with Gasteiger partial charge in [-0.1, -0.05) is 42.5 Å². The van der Waals surface area contributed by atoms with E-state index in [2.05, 4.69) is 33.2 Å². The third-order valence-electron chi connectivity index (χ3n) is 6.40. The van der Waals surface area contributed by atoms with Crippen LogP contribution in [0.2, 0.25) is 0 Å². The highest BCUT2D eigenvalue weighted by atomic mass is 16.5. The van der Waals surface area contributed by atoms with E-state index in [1.165, 1.54) is 11.1 Å². The zero-order valence-corrected chi connectivity index (χ0v) is 19.6. The first-order chi connectivity index (χ1) is 16.1. The number of amides is 1. The molecule has 0 radical (unpaired) electrons. The monoisotopic (exact) mass is 452 g/mol. The number of nitrogens with one attached hydrogen (secondary N) is 3. The van der Waals surface area contributed by atoms with Crippen LogP contribution >= 0.6 is 0 Å². The molecule has 1 heterocycles. The fourth-order valence-corrected chi connectivity index (χ4v) is 4.71. The molecular weight excluding hydrogens is 416 g/mol. The van der Waals surface area contributed by atoms with Crippen molar-refractivity contribution >= 4 is 5.91 Å². The van der Waals surface area contributed by atoms with E-state index in [4.69, 9.17) is 9.47 Å². The van der Waals surface area contributed by atoms with Crippen molar-refractivity contribution in [1.82, 2.24) is 21.1 Å². The molecule has 7 heteroatoms. The number of nitrogens with zero attached hydrogens (tertiary/aromatic N) is 1. The number of carbonyl (C=O) groups excluding carboxylic acids is 1. The summed E-state index contributed by atoms with van der Waals surface area (Å²) >= 11 is 0. The van der Waals surface area contributed by atoms with Crippen molar-refractivity contribution in [2.45, 2.75) is 50.7 Å². The lowest BCUT2D eigenvalue weighted by atomic mass is 9.82. The topological polar surface area (TPSA) is 74.9 Å². The first-order valence-corrected chi connectivity index (χ1v) is 11.9. The number of carbonyl (C=O) groups is 1. The quantitative estimate of drug-likeness (QED) is 0.482. The Morgan fingerprint density at radius 1 is 1.00 bits per heavy atom. The lowest BCUT2D eigenvalue weighted by molar-refractivity contribution is -0.0239. The van der Waals surface area contributed by atoms with Crippen LogP contribution in [0.4, 0.5) is 0 Å². The van der Waals surface area contributed by atoms with Crippen LogP contribution in [0, 0.1) is 5.92 Å². The molecular formula is C26H36N4O3. The van der Waals surface area contributed by atoms with Gasteiger partial charge in [0, 0.05) is 24.1 Å². The molecule has 3 N–H and O–H groups in total. The van der Waals surface area contributed by atoms with Crippen LogP contribution in [0.5, 0.6) is 0 Å². The molecule has 2 fully saturated rings. The van der Waals surface area contributed by atoms with Gasteiger partial charge in [0.2, 0.25) is 0 Å². The lowest BCUT2D eigenvalue weighted by Gasteiger charge is -2.32. The van der Waals surface area contributed by atoms with Crippen LogP contribution in [0.1, 0.15) is 40.7 Å². The normalized spacial score (nSPS) is 24.6. The average molecular weight is 453 g/mol. The van der Waals surface area contributed by atoms with Gasteiger partial charge in [0.05, 0.1) is 32.1 Å². The number of fused-ring (bicyclic) bond motifs is 1. The second-order valence-corrected chi connectivity index (χ2v) is 9.29. The van der Waals surface area contributed by atoms with Gasteiger partial charge in [-0.05, 0) is 56.6 Å². The summed E-state index contributed by atoms with van der Waals surface area (Å²) < 4.78 is 11.8. The molecule has 7 nitrogen and oxygen atoms in total. The maximum Gasteiger partial charge on any atom is 0.252 e. The Morgan fingerprint density at radius 3 is 2.55 bits per heavy atom. The molecule has 2 aromatic rings. The van der Waals surface area contributed by atoms with Gasteiger partial charge in [0.15, 0.2) is 0 Å². The summed E-state index contributed by atoms with van der Waals surface area (Å²) in [7, 11) is 4.07. The Bertz CT molecular complexity index is 875. The smallest absolute Gasteiger partial charge is 0.252 e. The summed E-state index contributed by atoms with van der Waals surface area (Å²) in [5.41, 5.74) is 9.71. The fraction of sp³-hybridized carbons (Fsp3) is 0.500. The SMILES string of the molecule is CN(C)Cc1ccc(C(=O)NC2NNC3CC(OCCOCc4ccccc4)CCC32)cc1. The van der Waals surface area contributed by atoms with E-state index < -0.39 is 0 Å². The summed E-state index contributed by atoms with van der Waals surface area (Å²) in [5, 5.41) is 3.16. The molecule has 178 valence electrons. The number of hydrazine groups is 1. The number of rotatable bonds is 10. The van der Waals surface area contributed by atoms with Gasteiger partial charge in [-0.2, -0.15) is 0 Å². The van der Waals surface area contributed by atoms with Crippen LogP contribution in [-0.4, -0.2) is 56.4 Å². The van der Waals surface area contributed by atoms with E-state index in [0.29, 0.717) is 37.3 Å². The van der Waals surface area contributed by atoms with Crippen LogP contribution < -0.4 is 16.2 Å². The molecule has 0 bridgehead atoms. The van der Waals surface area contributed by atoms with Gasteiger partial charge in [0.1, 0.15) is 0 Å². The van der Waals surface area contributed by atoms with E-state index in [1.54, 1.807) is 0 Å². The Morgan fingerprint density at radius 2 is 1.79 bits per heavy atom. The standard InChI is InChI=1S/C26H36N4O3/c1-30(2)17-19-8-10-21(11-9-19)26(31)27-25-23-13-12-22(16-24(23)28-29-25)33-15-14-32-18-20-6-4-3-5-7-20/h3-11,22-25,28-29H,12-18H2,1-2H3,(H,27,31). The zero-order chi connectivity index (χ0) is 23.0. The first-order valence-electron chi connectivity index (χ1n) is 11.9. The Balaban J connectivity index is 1.17. The molecule has 0 aromatic heterocycles. The molecule has 1 saturated heterocycles. The summed E-state index contributed by atoms with van der Waals surface area (Å²) in [6.07, 6.45) is 3.09. The first kappa shape index (κ1) is 23.9. The lowest BCUT2D eigenvalue weighted by Crippen LogP contribution is -2.47. The Labute approximate surface area is 196 Å². The summed E-state index contributed by atoms with van der Waals surface area (Å²) in [4.78, 5) is 14.9. The van der Waals surface area contributed by atoms with Crippen LogP contribution in [-0.2, 0) is 22.6 Å². The molecule has 1 saturated carbocycles. The fourth-order valence-electron chi connectivity index (χ4n) is 4.71. The number of hydrogen-bond acceptors (Lipinski definition) is 6. The van der Waals surface area contributed by atoms with E-state index in [1.807, 2.05) is 56.6 Å². The highest BCUT2D eigenvalue weighted by Gasteiger charge is 2.41. The summed E-state index contributed by atoms with van der Waals surface area (Å²) in [6.45, 7) is 2.68. The van der Waals surface area contributed by atoms with Crippen molar-refractivity contribution < 1.29 is 14.3 Å². The molecule has 2 aromatic carbocycles. The maximum absolute atomic E-state index is 12.8. The Hall–Kier alpha value is -2.29. The molecule has 4 rings (SSSR count). The number of ether oxygens (including phenoxy) is 2. The Kier molecular flexibility index (Phi) is 8.47. The zero-order valence-electron chi connectivity index (χ0n) is 19.6. The van der Waals surface area contributed by atoms with E-state index in [9.17, 15) is 4.79 Å². The largest absolute Gasteiger partial charge is 0.376 e. The van der Waals surface area contributed by atoms with Crippen molar-refractivity contribution in [3.8, 4) is 0 Å². The van der Waals surface area contributed by atoms with Crippen LogP contribution in [0.15, 0.2) is 54.6 Å². The van der Waals surface area contributed by atoms with Crippen molar-refractivity contribution in [1.29, 1.82) is 0 Å². The van der Waals surface area contributed by atoms with Gasteiger partial charge in [0.25, 0.3) is 5.91 Å². The minimum atomic E-state index is -0.0703. The molecule has 4 atom stereocenters. The van der Waals surface area contributed by atoms with Gasteiger partial charge in [-0.15, -0.1) is 0 Å². The third-order valence-corrected chi connectivity index (χ3v) is 6.40. The van der Waals surface area contributed by atoms with Gasteiger partial charge in [-0.25, -0.2) is 5.43 Å². The molecule has 2 aliphatic rings. The van der Waals surface area contributed by atoms with Gasteiger partial charge >= 0.3 is 0 Å². The predicted molar refractivity (Wildman–Crippen MR) is 128 cm³/mol. The number of hydrogen-bond donors (Lipinski definition) is 3. The minimum Gasteiger partial charge on any atom is -0.376 e. The second-order valence-electron chi connectivity index (χ2n) is 9.29. The maximum atomic E-state index is 12.8. The molecule has 33 heavy (non-hydrogen) atoms. The van der Waals surface area contributed by atoms with Crippen molar-refractivity contribution in [2.75, 3.05) is 27.3 Å². The van der Waals surface area contributed by atoms with Crippen LogP contribution in [0.3, 0.4) is 0 Å².